The monoisotopic (exact) mass is 1620 g/mol. The lowest BCUT2D eigenvalue weighted by molar-refractivity contribution is 1.08. The highest BCUT2D eigenvalue weighted by atomic mass is 32.1. The molecular weight excluding hydrogens is 1560 g/mol. The van der Waals surface area contributed by atoms with E-state index < -0.39 is 0 Å². The molecule has 15 heteroatoms. The lowest BCUT2D eigenvalue weighted by Crippen LogP contribution is -1.99. The van der Waals surface area contributed by atoms with Crippen LogP contribution in [0.2, 0.25) is 0 Å². The van der Waals surface area contributed by atoms with Gasteiger partial charge in [-0.25, -0.2) is 44.9 Å². The lowest BCUT2D eigenvalue weighted by Gasteiger charge is -2.09. The van der Waals surface area contributed by atoms with Gasteiger partial charge in [0.15, 0.2) is 52.4 Å². The minimum atomic E-state index is 0.672. The molecular formula is C103H61N9S6. The zero-order chi connectivity index (χ0) is 78.0. The molecule has 9 heterocycles. The molecule has 0 radical (unpaired) electrons. The van der Waals surface area contributed by atoms with Crippen molar-refractivity contribution in [2.75, 3.05) is 0 Å². The largest absolute Gasteiger partial charge is 0.208 e. The zero-order valence-corrected chi connectivity index (χ0v) is 67.6. The van der Waals surface area contributed by atoms with Crippen LogP contribution in [0.25, 0.3) is 224 Å². The molecule has 0 aliphatic carbocycles. The number of rotatable bonds is 11. The van der Waals surface area contributed by atoms with E-state index in [1.807, 2.05) is 46.1 Å². The molecule has 9 nitrogen and oxygen atoms in total. The summed E-state index contributed by atoms with van der Waals surface area (Å²) in [5.74, 6) is 6.18. The highest BCUT2D eigenvalue weighted by Gasteiger charge is 2.22. The second kappa shape index (κ2) is 30.4. The van der Waals surface area contributed by atoms with Crippen molar-refractivity contribution in [3.63, 3.8) is 0 Å². The minimum absolute atomic E-state index is 0.672. The van der Waals surface area contributed by atoms with Crippen LogP contribution >= 0.6 is 68.0 Å². The third-order valence-electron chi connectivity index (χ3n) is 21.2. The second-order valence-corrected chi connectivity index (χ2v) is 35.2. The summed E-state index contributed by atoms with van der Waals surface area (Å²) >= 11 is 10.6. The van der Waals surface area contributed by atoms with Crippen molar-refractivity contribution >= 4 is 170 Å². The van der Waals surface area contributed by atoms with Gasteiger partial charge in [0.25, 0.3) is 0 Å². The maximum Gasteiger partial charge on any atom is 0.174 e. The Labute approximate surface area is 701 Å². The summed E-state index contributed by atoms with van der Waals surface area (Å²) in [5, 5.41) is 13.5. The normalized spacial score (nSPS) is 11.6. The second-order valence-electron chi connectivity index (χ2n) is 28.7. The standard InChI is InChI=1S/2C35H21N3S2.C33H19N3S2/c1-2-9-22(10-3-1)23-12-8-13-25(19-23)33-36-34(38-35(37-33)32-21-24-11-4-6-15-29(24)39-32)26-17-18-31-28(20-26)27-14-5-7-16-30(27)40-31;1-2-8-22(9-3-1)23-14-16-24(17-15-23)33-36-34(38-35(37-33)32-21-25-10-4-6-12-29(25)39-32)26-18-19-31-28(20-26)27-11-5-7-13-30(27)40-31;1-2-8-21-17-23(14-13-20(21)7-1)31-34-32(36-33(35-31)30-19-22-9-3-5-11-27(22)37-30)24-15-16-29-26(18-24)25-10-4-6-12-28(25)38-29/h2*1-21H;1-19H. The number of aromatic nitrogens is 9. The molecule has 0 N–H and O–H groups in total. The van der Waals surface area contributed by atoms with Crippen molar-refractivity contribution in [3.05, 3.63) is 370 Å². The van der Waals surface area contributed by atoms with Gasteiger partial charge in [-0.3, -0.25) is 0 Å². The Hall–Kier alpha value is -13.9. The number of hydrogen-bond acceptors (Lipinski definition) is 15. The molecule has 554 valence electrons. The van der Waals surface area contributed by atoms with Gasteiger partial charge in [0.2, 0.25) is 0 Å². The summed E-state index contributed by atoms with van der Waals surface area (Å²) in [6.45, 7) is 0. The average Bonchev–Trinajstić information content (AvgIpc) is 1.56. The fourth-order valence-corrected chi connectivity index (χ4v) is 21.6. The smallest absolute Gasteiger partial charge is 0.174 e. The first-order valence-corrected chi connectivity index (χ1v) is 43.6. The van der Waals surface area contributed by atoms with E-state index in [4.69, 9.17) is 44.9 Å². The highest BCUT2D eigenvalue weighted by Crippen LogP contribution is 2.43. The van der Waals surface area contributed by atoms with E-state index in [0.29, 0.717) is 52.4 Å². The van der Waals surface area contributed by atoms with Gasteiger partial charge in [-0.2, -0.15) is 0 Å². The predicted octanol–water partition coefficient (Wildman–Crippen LogP) is 29.9. The van der Waals surface area contributed by atoms with E-state index in [1.165, 1.54) is 107 Å². The van der Waals surface area contributed by atoms with Gasteiger partial charge in [-0.15, -0.1) is 68.0 Å². The summed E-state index contributed by atoms with van der Waals surface area (Å²) in [5.41, 5.74) is 10.5. The van der Waals surface area contributed by atoms with Gasteiger partial charge in [0.05, 0.1) is 14.6 Å². The van der Waals surface area contributed by atoms with Crippen LogP contribution in [0.1, 0.15) is 0 Å². The van der Waals surface area contributed by atoms with Crippen molar-refractivity contribution in [2.24, 2.45) is 0 Å². The first-order valence-electron chi connectivity index (χ1n) is 38.7. The van der Waals surface area contributed by atoms with Gasteiger partial charge in [0, 0.05) is 108 Å². The Balaban J connectivity index is 0.000000107. The maximum absolute atomic E-state index is 5.05. The summed E-state index contributed by atoms with van der Waals surface area (Å²) < 4.78 is 11.3. The summed E-state index contributed by atoms with van der Waals surface area (Å²) in [4.78, 5) is 48.3. The molecule has 24 rings (SSSR count). The Morgan fingerprint density at radius 2 is 0.390 bits per heavy atom. The molecule has 0 amide bonds. The third kappa shape index (κ3) is 13.8. The van der Waals surface area contributed by atoms with Crippen LogP contribution in [-0.2, 0) is 0 Å². The van der Waals surface area contributed by atoms with Crippen molar-refractivity contribution in [3.8, 4) is 123 Å². The van der Waals surface area contributed by atoms with Crippen LogP contribution in [0.15, 0.2) is 370 Å². The fourth-order valence-electron chi connectivity index (χ4n) is 15.3. The van der Waals surface area contributed by atoms with E-state index in [9.17, 15) is 0 Å². The number of nitrogens with zero attached hydrogens (tertiary/aromatic N) is 9. The average molecular weight is 1620 g/mol. The molecule has 0 aliphatic rings. The van der Waals surface area contributed by atoms with Crippen molar-refractivity contribution in [1.29, 1.82) is 0 Å². The Morgan fingerprint density at radius 3 is 0.797 bits per heavy atom. The molecule has 0 fully saturated rings. The molecule has 0 atom stereocenters. The number of hydrogen-bond donors (Lipinski definition) is 0. The quantitative estimate of drug-likeness (QED) is 0.125. The molecule has 0 unspecified atom stereocenters. The summed E-state index contributed by atoms with van der Waals surface area (Å²) in [6, 6.07) is 130. The van der Waals surface area contributed by atoms with Gasteiger partial charge < -0.3 is 0 Å². The molecule has 15 aromatic carbocycles. The predicted molar refractivity (Wildman–Crippen MR) is 502 cm³/mol. The highest BCUT2D eigenvalue weighted by molar-refractivity contribution is 7.27. The fraction of sp³-hybridized carbons (Fsp3) is 0. The zero-order valence-electron chi connectivity index (χ0n) is 62.7. The Kier molecular flexibility index (Phi) is 18.2. The van der Waals surface area contributed by atoms with E-state index in [2.05, 4.69) is 358 Å². The number of fused-ring (bicyclic) bond motifs is 13. The molecule has 0 bridgehead atoms. The van der Waals surface area contributed by atoms with Gasteiger partial charge >= 0.3 is 0 Å². The van der Waals surface area contributed by atoms with Crippen LogP contribution < -0.4 is 0 Å². The molecule has 118 heavy (non-hydrogen) atoms. The van der Waals surface area contributed by atoms with E-state index >= 15 is 0 Å². The summed E-state index contributed by atoms with van der Waals surface area (Å²) in [6.07, 6.45) is 0. The van der Waals surface area contributed by atoms with Gasteiger partial charge in [-0.05, 0) is 171 Å². The lowest BCUT2D eigenvalue weighted by atomic mass is 10.0. The molecule has 0 aliphatic heterocycles. The first kappa shape index (κ1) is 70.7. The molecule has 0 spiro atoms. The number of benzene rings is 15. The number of thiophene rings is 6. The molecule has 24 aromatic rings. The van der Waals surface area contributed by atoms with E-state index in [1.54, 1.807) is 34.0 Å². The molecule has 0 saturated heterocycles. The Morgan fingerprint density at radius 1 is 0.127 bits per heavy atom. The van der Waals surface area contributed by atoms with Crippen LogP contribution in [0.5, 0.6) is 0 Å². The van der Waals surface area contributed by atoms with Crippen LogP contribution in [-0.4, -0.2) is 44.9 Å². The van der Waals surface area contributed by atoms with E-state index in [0.717, 1.165) is 64.7 Å². The Bertz CT molecular complexity index is 7880. The molecule has 9 aromatic heterocycles. The minimum Gasteiger partial charge on any atom is -0.208 e. The van der Waals surface area contributed by atoms with Gasteiger partial charge in [0.1, 0.15) is 0 Å². The van der Waals surface area contributed by atoms with Gasteiger partial charge in [-0.1, -0.05) is 249 Å². The van der Waals surface area contributed by atoms with Crippen molar-refractivity contribution < 1.29 is 0 Å². The SMILES string of the molecule is c1ccc(-c2ccc(-c3nc(-c4ccc5sc6ccccc6c5c4)nc(-c4cc5ccccc5s4)n3)cc2)cc1.c1ccc(-c2cccc(-c3nc(-c4ccc5sc6ccccc6c5c4)nc(-c4cc5ccccc5s4)n3)c2)cc1.c1ccc2cc(-c3nc(-c4ccc5sc6ccccc6c5c4)nc(-c4cc5ccccc5s4)n3)ccc2c1. The maximum atomic E-state index is 5.05. The van der Waals surface area contributed by atoms with Crippen molar-refractivity contribution in [1.82, 2.24) is 44.9 Å². The van der Waals surface area contributed by atoms with Crippen LogP contribution in [0, 0.1) is 0 Å². The van der Waals surface area contributed by atoms with E-state index in [-0.39, 0.29) is 0 Å². The summed E-state index contributed by atoms with van der Waals surface area (Å²) in [7, 11) is 0. The third-order valence-corrected chi connectivity index (χ3v) is 28.0. The molecule has 0 saturated carbocycles. The first-order chi connectivity index (χ1) is 58.3. The van der Waals surface area contributed by atoms with Crippen molar-refractivity contribution in [2.45, 2.75) is 0 Å². The van der Waals surface area contributed by atoms with Crippen LogP contribution in [0.4, 0.5) is 0 Å². The topological polar surface area (TPSA) is 116 Å². The van der Waals surface area contributed by atoms with Crippen LogP contribution in [0.3, 0.4) is 0 Å².